The van der Waals surface area contributed by atoms with Crippen molar-refractivity contribution in [2.45, 2.75) is 43.4 Å². The van der Waals surface area contributed by atoms with E-state index in [1.165, 1.54) is 16.0 Å². The fourth-order valence-corrected chi connectivity index (χ4v) is 3.72. The van der Waals surface area contributed by atoms with Gasteiger partial charge in [0.15, 0.2) is 0 Å². The van der Waals surface area contributed by atoms with Gasteiger partial charge in [-0.3, -0.25) is 9.79 Å². The van der Waals surface area contributed by atoms with Crippen LogP contribution in [0.2, 0.25) is 0 Å². The second-order valence-corrected chi connectivity index (χ2v) is 7.17. The molecule has 1 N–H and O–H groups in total. The average Bonchev–Trinajstić information content (AvgIpc) is 2.70. The van der Waals surface area contributed by atoms with Crippen molar-refractivity contribution in [3.8, 4) is 0 Å². The summed E-state index contributed by atoms with van der Waals surface area (Å²) in [5, 5.41) is 2.96. The number of unbranched alkanes of at least 4 members (excludes halogenated alkanes) is 1. The third kappa shape index (κ3) is 3.54. The Morgan fingerprint density at radius 1 is 1.12 bits per heavy atom. The third-order valence-electron chi connectivity index (χ3n) is 4.07. The molecule has 0 radical (unpaired) electrons. The Kier molecular flexibility index (Phi) is 5.05. The Morgan fingerprint density at radius 3 is 2.71 bits per heavy atom. The topological polar surface area (TPSA) is 41.5 Å². The van der Waals surface area contributed by atoms with Gasteiger partial charge in [-0.1, -0.05) is 36.7 Å². The first-order valence-electron chi connectivity index (χ1n) is 8.35. The average molecular weight is 338 g/mol. The zero-order chi connectivity index (χ0) is 17.1. The SMILES string of the molecule is CCCCNC(=O)c1ccc2c(c1)N=C(C)c1cc(C)ccc1S2. The molecule has 0 saturated heterocycles. The molecule has 0 fully saturated rings. The molecule has 2 aromatic rings. The van der Waals surface area contributed by atoms with Crippen LogP contribution in [-0.2, 0) is 0 Å². The number of aryl methyl sites for hydroxylation is 1. The molecule has 1 aliphatic rings. The van der Waals surface area contributed by atoms with E-state index in [0.29, 0.717) is 12.1 Å². The van der Waals surface area contributed by atoms with Crippen molar-refractivity contribution in [2.24, 2.45) is 4.99 Å². The zero-order valence-electron chi connectivity index (χ0n) is 14.3. The second kappa shape index (κ2) is 7.22. The highest BCUT2D eigenvalue weighted by molar-refractivity contribution is 7.99. The molecule has 0 spiro atoms. The van der Waals surface area contributed by atoms with E-state index in [9.17, 15) is 4.79 Å². The van der Waals surface area contributed by atoms with Gasteiger partial charge in [0.25, 0.3) is 5.91 Å². The van der Waals surface area contributed by atoms with Gasteiger partial charge in [-0.05, 0) is 50.6 Å². The van der Waals surface area contributed by atoms with Crippen LogP contribution in [-0.4, -0.2) is 18.2 Å². The first-order chi connectivity index (χ1) is 11.6. The Bertz CT molecular complexity index is 811. The van der Waals surface area contributed by atoms with Crippen molar-refractivity contribution in [1.82, 2.24) is 5.32 Å². The lowest BCUT2D eigenvalue weighted by Gasteiger charge is -2.08. The van der Waals surface area contributed by atoms with Crippen LogP contribution >= 0.6 is 11.8 Å². The van der Waals surface area contributed by atoms with Crippen LogP contribution in [0.5, 0.6) is 0 Å². The van der Waals surface area contributed by atoms with Gasteiger partial charge in [-0.2, -0.15) is 0 Å². The third-order valence-corrected chi connectivity index (χ3v) is 5.21. The summed E-state index contributed by atoms with van der Waals surface area (Å²) in [4.78, 5) is 19.3. The smallest absolute Gasteiger partial charge is 0.251 e. The molecule has 3 nitrogen and oxygen atoms in total. The van der Waals surface area contributed by atoms with Gasteiger partial charge in [0, 0.05) is 33.2 Å². The van der Waals surface area contributed by atoms with Gasteiger partial charge in [0.1, 0.15) is 0 Å². The summed E-state index contributed by atoms with van der Waals surface area (Å²) in [6.45, 7) is 6.95. The van der Waals surface area contributed by atoms with E-state index >= 15 is 0 Å². The number of aliphatic imine (C=N–C) groups is 1. The molecule has 0 aromatic heterocycles. The summed E-state index contributed by atoms with van der Waals surface area (Å²) in [6, 6.07) is 12.2. The molecule has 1 amide bonds. The van der Waals surface area contributed by atoms with E-state index in [0.717, 1.165) is 29.1 Å². The van der Waals surface area contributed by atoms with E-state index in [2.05, 4.69) is 37.4 Å². The fraction of sp³-hybridized carbons (Fsp3) is 0.300. The molecule has 1 heterocycles. The van der Waals surface area contributed by atoms with Gasteiger partial charge in [-0.25, -0.2) is 0 Å². The minimum atomic E-state index is -0.0262. The summed E-state index contributed by atoms with van der Waals surface area (Å²) in [5.41, 5.74) is 4.93. The molecule has 0 unspecified atom stereocenters. The molecule has 4 heteroatoms. The van der Waals surface area contributed by atoms with Crippen LogP contribution in [0.1, 0.15) is 48.2 Å². The van der Waals surface area contributed by atoms with Crippen molar-refractivity contribution in [1.29, 1.82) is 0 Å². The fourth-order valence-electron chi connectivity index (χ4n) is 2.69. The molecule has 0 saturated carbocycles. The Hall–Kier alpha value is -2.07. The zero-order valence-corrected chi connectivity index (χ0v) is 15.2. The molecular formula is C20H22N2OS. The quantitative estimate of drug-likeness (QED) is 0.785. The Balaban J connectivity index is 1.92. The molecule has 2 aromatic carbocycles. The van der Waals surface area contributed by atoms with Crippen LogP contribution in [0.4, 0.5) is 5.69 Å². The van der Waals surface area contributed by atoms with Gasteiger partial charge in [0.2, 0.25) is 0 Å². The number of carbonyl (C=O) groups excluding carboxylic acids is 1. The predicted molar refractivity (Wildman–Crippen MR) is 101 cm³/mol. The number of carbonyl (C=O) groups is 1. The molecule has 3 rings (SSSR count). The second-order valence-electron chi connectivity index (χ2n) is 6.09. The van der Waals surface area contributed by atoms with Crippen LogP contribution in [0.25, 0.3) is 0 Å². The van der Waals surface area contributed by atoms with E-state index in [1.54, 1.807) is 11.8 Å². The summed E-state index contributed by atoms with van der Waals surface area (Å²) in [7, 11) is 0. The van der Waals surface area contributed by atoms with E-state index in [1.807, 2.05) is 25.1 Å². The normalized spacial score (nSPS) is 12.7. The van der Waals surface area contributed by atoms with Crippen LogP contribution in [0.3, 0.4) is 0 Å². The van der Waals surface area contributed by atoms with E-state index < -0.39 is 0 Å². The van der Waals surface area contributed by atoms with Gasteiger partial charge >= 0.3 is 0 Å². The summed E-state index contributed by atoms with van der Waals surface area (Å²) in [5.74, 6) is -0.0262. The maximum Gasteiger partial charge on any atom is 0.251 e. The Morgan fingerprint density at radius 2 is 1.92 bits per heavy atom. The minimum absolute atomic E-state index is 0.0262. The number of fused-ring (bicyclic) bond motifs is 2. The molecule has 0 aliphatic carbocycles. The van der Waals surface area contributed by atoms with Gasteiger partial charge < -0.3 is 5.32 Å². The highest BCUT2D eigenvalue weighted by Gasteiger charge is 2.17. The summed E-state index contributed by atoms with van der Waals surface area (Å²) < 4.78 is 0. The van der Waals surface area contributed by atoms with Crippen molar-refractivity contribution in [3.05, 3.63) is 53.1 Å². The molecule has 124 valence electrons. The van der Waals surface area contributed by atoms with Crippen molar-refractivity contribution in [3.63, 3.8) is 0 Å². The standard InChI is InChI=1S/C20H22N2OS/c1-4-5-10-21-20(23)15-7-9-19-17(12-15)22-14(3)16-11-13(2)6-8-18(16)24-19/h6-9,11-12H,4-5,10H2,1-3H3,(H,21,23). The highest BCUT2D eigenvalue weighted by Crippen LogP contribution is 2.40. The minimum Gasteiger partial charge on any atom is -0.352 e. The molecule has 1 aliphatic heterocycles. The maximum absolute atomic E-state index is 12.3. The highest BCUT2D eigenvalue weighted by atomic mass is 32.2. The van der Waals surface area contributed by atoms with Crippen LogP contribution < -0.4 is 5.32 Å². The number of benzene rings is 2. The van der Waals surface area contributed by atoms with E-state index in [-0.39, 0.29) is 5.91 Å². The largest absolute Gasteiger partial charge is 0.352 e. The number of nitrogens with one attached hydrogen (secondary N) is 1. The van der Waals surface area contributed by atoms with Crippen LogP contribution in [0.15, 0.2) is 51.2 Å². The first-order valence-corrected chi connectivity index (χ1v) is 9.16. The van der Waals surface area contributed by atoms with Crippen molar-refractivity contribution in [2.75, 3.05) is 6.54 Å². The number of hydrogen-bond acceptors (Lipinski definition) is 3. The van der Waals surface area contributed by atoms with Crippen LogP contribution in [0, 0.1) is 6.92 Å². The first kappa shape index (κ1) is 16.8. The number of rotatable bonds is 4. The van der Waals surface area contributed by atoms with Gasteiger partial charge in [-0.15, -0.1) is 0 Å². The lowest BCUT2D eigenvalue weighted by molar-refractivity contribution is 0.0953. The van der Waals surface area contributed by atoms with E-state index in [4.69, 9.17) is 4.99 Å². The predicted octanol–water partition coefficient (Wildman–Crippen LogP) is 5.13. The molecule has 24 heavy (non-hydrogen) atoms. The maximum atomic E-state index is 12.3. The van der Waals surface area contributed by atoms with Gasteiger partial charge in [0.05, 0.1) is 5.69 Å². The molecule has 0 atom stereocenters. The van der Waals surface area contributed by atoms with Crippen molar-refractivity contribution < 1.29 is 4.79 Å². The number of nitrogens with zero attached hydrogens (tertiary/aromatic N) is 1. The summed E-state index contributed by atoms with van der Waals surface area (Å²) in [6.07, 6.45) is 2.07. The lowest BCUT2D eigenvalue weighted by Crippen LogP contribution is -2.24. The molecular weight excluding hydrogens is 316 g/mol. The number of hydrogen-bond donors (Lipinski definition) is 1. The monoisotopic (exact) mass is 338 g/mol. The van der Waals surface area contributed by atoms with Crippen molar-refractivity contribution >= 4 is 29.1 Å². The molecule has 0 bridgehead atoms. The Labute approximate surface area is 147 Å². The summed E-state index contributed by atoms with van der Waals surface area (Å²) >= 11 is 1.71. The number of amides is 1. The lowest BCUT2D eigenvalue weighted by atomic mass is 10.1.